The molecule has 162 valence electrons. The molecule has 0 aromatic heterocycles. The van der Waals surface area contributed by atoms with E-state index in [9.17, 15) is 9.59 Å². The smallest absolute Gasteiger partial charge is 0.282 e. The fourth-order valence-corrected chi connectivity index (χ4v) is 3.88. The molecule has 0 saturated heterocycles. The van der Waals surface area contributed by atoms with E-state index in [0.717, 1.165) is 33.5 Å². The summed E-state index contributed by atoms with van der Waals surface area (Å²) in [5.74, 6) is -0.287. The summed E-state index contributed by atoms with van der Waals surface area (Å²) >= 11 is 0. The van der Waals surface area contributed by atoms with Crippen LogP contribution >= 0.6 is 0 Å². The summed E-state index contributed by atoms with van der Waals surface area (Å²) < 4.78 is 0. The molecule has 4 rings (SSSR count). The van der Waals surface area contributed by atoms with Crippen LogP contribution in [0.25, 0.3) is 5.57 Å². The molecule has 32 heavy (non-hydrogen) atoms. The van der Waals surface area contributed by atoms with Crippen molar-refractivity contribution in [3.63, 3.8) is 0 Å². The van der Waals surface area contributed by atoms with Crippen LogP contribution in [0.5, 0.6) is 0 Å². The van der Waals surface area contributed by atoms with E-state index < -0.39 is 0 Å². The number of hydrogen-bond acceptors (Lipinski definition) is 3. The highest BCUT2D eigenvalue weighted by Gasteiger charge is 2.40. The molecular formula is C28H28N2O2. The maximum absolute atomic E-state index is 13.6. The monoisotopic (exact) mass is 424 g/mol. The average molecular weight is 425 g/mol. The predicted octanol–water partition coefficient (Wildman–Crippen LogP) is 6.13. The third-order valence-electron chi connectivity index (χ3n) is 5.89. The number of carbonyl (C=O) groups is 2. The van der Waals surface area contributed by atoms with Gasteiger partial charge in [0.15, 0.2) is 0 Å². The van der Waals surface area contributed by atoms with Gasteiger partial charge in [-0.1, -0.05) is 67.9 Å². The molecule has 0 spiro atoms. The minimum absolute atomic E-state index is 0.306. The Morgan fingerprint density at radius 2 is 1.38 bits per heavy atom. The van der Waals surface area contributed by atoms with Gasteiger partial charge < -0.3 is 5.32 Å². The van der Waals surface area contributed by atoms with Gasteiger partial charge in [0, 0.05) is 5.69 Å². The van der Waals surface area contributed by atoms with Gasteiger partial charge in [-0.25, -0.2) is 4.90 Å². The lowest BCUT2D eigenvalue weighted by molar-refractivity contribution is -0.120. The van der Waals surface area contributed by atoms with Crippen molar-refractivity contribution >= 4 is 28.8 Å². The number of anilines is 2. The quantitative estimate of drug-likeness (QED) is 0.501. The van der Waals surface area contributed by atoms with Crippen LogP contribution < -0.4 is 10.2 Å². The van der Waals surface area contributed by atoms with Gasteiger partial charge in [-0.05, 0) is 67.1 Å². The largest absolute Gasteiger partial charge is 0.350 e. The zero-order chi connectivity index (χ0) is 23.0. The highest BCUT2D eigenvalue weighted by atomic mass is 16.2. The number of imide groups is 1. The summed E-state index contributed by atoms with van der Waals surface area (Å²) in [7, 11) is 0. The molecule has 0 bridgehead atoms. The average Bonchev–Trinajstić information content (AvgIpc) is 3.01. The maximum Gasteiger partial charge on any atom is 0.282 e. The first kappa shape index (κ1) is 21.6. The van der Waals surface area contributed by atoms with Crippen LogP contribution in [-0.4, -0.2) is 11.8 Å². The number of aryl methyl sites for hydroxylation is 3. The van der Waals surface area contributed by atoms with Crippen molar-refractivity contribution in [3.8, 4) is 0 Å². The second-order valence-corrected chi connectivity index (χ2v) is 8.75. The van der Waals surface area contributed by atoms with E-state index in [4.69, 9.17) is 0 Å². The van der Waals surface area contributed by atoms with Crippen molar-refractivity contribution in [2.24, 2.45) is 0 Å². The maximum atomic E-state index is 13.6. The number of hydrogen-bond donors (Lipinski definition) is 1. The third-order valence-corrected chi connectivity index (χ3v) is 5.89. The van der Waals surface area contributed by atoms with E-state index in [2.05, 4.69) is 19.2 Å². The lowest BCUT2D eigenvalue weighted by Crippen LogP contribution is -2.32. The molecule has 4 heteroatoms. The molecule has 0 atom stereocenters. The van der Waals surface area contributed by atoms with Gasteiger partial charge in [-0.3, -0.25) is 9.59 Å². The van der Waals surface area contributed by atoms with Gasteiger partial charge in [0.05, 0.1) is 11.3 Å². The summed E-state index contributed by atoms with van der Waals surface area (Å²) in [6.45, 7) is 10.2. The standard InChI is InChI=1S/C28H28N2O2/c1-17(2)21-12-14-23(15-13-21)30-27(31)25(22-10-7-18(3)8-11-22)26(28(30)32)29-24-16-19(4)6-9-20(24)5/h6-17,29H,1-5H3. The number of amides is 2. The molecule has 4 nitrogen and oxygen atoms in total. The van der Waals surface area contributed by atoms with Crippen molar-refractivity contribution in [1.82, 2.24) is 0 Å². The van der Waals surface area contributed by atoms with Gasteiger partial charge in [0.1, 0.15) is 5.70 Å². The Labute approximate surface area is 189 Å². The van der Waals surface area contributed by atoms with Crippen molar-refractivity contribution in [3.05, 3.63) is 100 Å². The van der Waals surface area contributed by atoms with E-state index in [0.29, 0.717) is 22.9 Å². The molecular weight excluding hydrogens is 396 g/mol. The molecule has 0 fully saturated rings. The molecule has 0 saturated carbocycles. The summed E-state index contributed by atoms with van der Waals surface area (Å²) in [5, 5.41) is 3.29. The number of benzene rings is 3. The van der Waals surface area contributed by atoms with Crippen molar-refractivity contribution in [2.45, 2.75) is 40.5 Å². The summed E-state index contributed by atoms with van der Waals surface area (Å²) in [4.78, 5) is 28.4. The SMILES string of the molecule is Cc1ccc(C2=C(Nc3cc(C)ccc3C)C(=O)N(c3ccc(C(C)C)cc3)C2=O)cc1. The summed E-state index contributed by atoms with van der Waals surface area (Å²) in [6.07, 6.45) is 0. The normalized spacial score (nSPS) is 14.0. The molecule has 1 N–H and O–H groups in total. The molecule has 1 aliphatic rings. The molecule has 1 heterocycles. The van der Waals surface area contributed by atoms with Crippen LogP contribution in [0.3, 0.4) is 0 Å². The fourth-order valence-electron chi connectivity index (χ4n) is 3.88. The van der Waals surface area contributed by atoms with Crippen LogP contribution in [0.4, 0.5) is 11.4 Å². The highest BCUT2D eigenvalue weighted by molar-refractivity contribution is 6.46. The van der Waals surface area contributed by atoms with Gasteiger partial charge in [-0.2, -0.15) is 0 Å². The summed E-state index contributed by atoms with van der Waals surface area (Å²) in [6, 6.07) is 21.4. The number of nitrogens with one attached hydrogen (secondary N) is 1. The molecule has 2 amide bonds. The molecule has 3 aromatic carbocycles. The van der Waals surface area contributed by atoms with Crippen LogP contribution in [-0.2, 0) is 9.59 Å². The van der Waals surface area contributed by atoms with Crippen LogP contribution in [0.15, 0.2) is 72.4 Å². The first-order chi connectivity index (χ1) is 15.3. The van der Waals surface area contributed by atoms with Crippen molar-refractivity contribution in [2.75, 3.05) is 10.2 Å². The molecule has 1 aliphatic heterocycles. The first-order valence-electron chi connectivity index (χ1n) is 10.9. The van der Waals surface area contributed by atoms with E-state index in [-0.39, 0.29) is 11.8 Å². The second-order valence-electron chi connectivity index (χ2n) is 8.75. The third kappa shape index (κ3) is 3.96. The lowest BCUT2D eigenvalue weighted by atomic mass is 10.0. The minimum atomic E-state index is -0.344. The van der Waals surface area contributed by atoms with Crippen LogP contribution in [0.1, 0.15) is 47.6 Å². The summed E-state index contributed by atoms with van der Waals surface area (Å²) in [5.41, 5.74) is 7.16. The second kappa shape index (κ2) is 8.46. The molecule has 0 unspecified atom stereocenters. The van der Waals surface area contributed by atoms with E-state index in [1.807, 2.05) is 87.5 Å². The lowest BCUT2D eigenvalue weighted by Gasteiger charge is -2.17. The Morgan fingerprint density at radius 1 is 0.750 bits per heavy atom. The van der Waals surface area contributed by atoms with E-state index in [1.54, 1.807) is 0 Å². The fraction of sp³-hybridized carbons (Fsp3) is 0.214. The predicted molar refractivity (Wildman–Crippen MR) is 131 cm³/mol. The number of nitrogens with zero attached hydrogens (tertiary/aromatic N) is 1. The van der Waals surface area contributed by atoms with Gasteiger partial charge >= 0.3 is 0 Å². The minimum Gasteiger partial charge on any atom is -0.350 e. The van der Waals surface area contributed by atoms with Crippen molar-refractivity contribution < 1.29 is 9.59 Å². The zero-order valence-corrected chi connectivity index (χ0v) is 19.2. The van der Waals surface area contributed by atoms with Crippen molar-refractivity contribution in [1.29, 1.82) is 0 Å². The molecule has 3 aromatic rings. The Balaban J connectivity index is 1.81. The first-order valence-corrected chi connectivity index (χ1v) is 10.9. The highest BCUT2D eigenvalue weighted by Crippen LogP contribution is 2.35. The molecule has 0 aliphatic carbocycles. The number of rotatable bonds is 5. The zero-order valence-electron chi connectivity index (χ0n) is 19.2. The van der Waals surface area contributed by atoms with Crippen LogP contribution in [0.2, 0.25) is 0 Å². The van der Waals surface area contributed by atoms with Gasteiger partial charge in [0.25, 0.3) is 11.8 Å². The van der Waals surface area contributed by atoms with Crippen LogP contribution in [0, 0.1) is 20.8 Å². The Bertz CT molecular complexity index is 1220. The Morgan fingerprint density at radius 3 is 2.00 bits per heavy atom. The van der Waals surface area contributed by atoms with E-state index >= 15 is 0 Å². The van der Waals surface area contributed by atoms with Gasteiger partial charge in [0.2, 0.25) is 0 Å². The van der Waals surface area contributed by atoms with E-state index in [1.165, 1.54) is 4.90 Å². The number of carbonyl (C=O) groups excluding carboxylic acids is 2. The van der Waals surface area contributed by atoms with Gasteiger partial charge in [-0.15, -0.1) is 0 Å². The molecule has 0 radical (unpaired) electrons. The Kier molecular flexibility index (Phi) is 5.70. The topological polar surface area (TPSA) is 49.4 Å². The Hall–Kier alpha value is -3.66.